The van der Waals surface area contributed by atoms with E-state index < -0.39 is 0 Å². The first-order valence-corrected chi connectivity index (χ1v) is 11.9. The SMILES string of the molecule is CC(C)c1cc(C(=O)NC2=NCCC(=O)N2)ccc1Nc1cccc(C(=O)N2CCOCC2)c1Cl. The van der Waals surface area contributed by atoms with E-state index in [9.17, 15) is 14.4 Å². The number of amides is 3. The second-order valence-corrected chi connectivity index (χ2v) is 9.01. The summed E-state index contributed by atoms with van der Waals surface area (Å²) in [5.41, 5.74) is 3.13. The average Bonchev–Trinajstić information content (AvgIpc) is 2.85. The molecule has 0 unspecified atom stereocenters. The van der Waals surface area contributed by atoms with Gasteiger partial charge in [0.1, 0.15) is 0 Å². The zero-order valence-corrected chi connectivity index (χ0v) is 20.4. The van der Waals surface area contributed by atoms with E-state index in [4.69, 9.17) is 16.3 Å². The van der Waals surface area contributed by atoms with Crippen LogP contribution in [0, 0.1) is 0 Å². The topological polar surface area (TPSA) is 112 Å². The van der Waals surface area contributed by atoms with Crippen molar-refractivity contribution in [3.05, 3.63) is 58.1 Å². The van der Waals surface area contributed by atoms with Gasteiger partial charge in [-0.25, -0.2) is 0 Å². The molecule has 0 aliphatic carbocycles. The van der Waals surface area contributed by atoms with Gasteiger partial charge in [-0.2, -0.15) is 0 Å². The monoisotopic (exact) mass is 497 g/mol. The Balaban J connectivity index is 1.55. The van der Waals surface area contributed by atoms with Gasteiger partial charge in [0.05, 0.1) is 36.0 Å². The number of benzene rings is 2. The number of aliphatic imine (C=N–C) groups is 1. The lowest BCUT2D eigenvalue weighted by Gasteiger charge is -2.27. The molecule has 2 heterocycles. The number of guanidine groups is 1. The first-order valence-electron chi connectivity index (χ1n) is 11.6. The van der Waals surface area contributed by atoms with Crippen LogP contribution < -0.4 is 16.0 Å². The normalized spacial score (nSPS) is 15.9. The van der Waals surface area contributed by atoms with E-state index >= 15 is 0 Å². The van der Waals surface area contributed by atoms with Gasteiger partial charge in [-0.3, -0.25) is 30.0 Å². The minimum Gasteiger partial charge on any atom is -0.378 e. The molecule has 4 rings (SSSR count). The van der Waals surface area contributed by atoms with Crippen molar-refractivity contribution in [2.45, 2.75) is 26.2 Å². The summed E-state index contributed by atoms with van der Waals surface area (Å²) in [5, 5.41) is 8.88. The predicted octanol–water partition coefficient (Wildman–Crippen LogP) is 3.29. The van der Waals surface area contributed by atoms with Gasteiger partial charge < -0.3 is 15.0 Å². The summed E-state index contributed by atoms with van der Waals surface area (Å²) in [6, 6.07) is 10.6. The largest absolute Gasteiger partial charge is 0.378 e. The minimum absolute atomic E-state index is 0.0916. The third-order valence-corrected chi connectivity index (χ3v) is 6.24. The van der Waals surface area contributed by atoms with Crippen molar-refractivity contribution in [3.8, 4) is 0 Å². The summed E-state index contributed by atoms with van der Waals surface area (Å²) in [4.78, 5) is 43.1. The van der Waals surface area contributed by atoms with Crippen molar-refractivity contribution in [2.24, 2.45) is 4.99 Å². The third kappa shape index (κ3) is 5.80. The maximum Gasteiger partial charge on any atom is 0.257 e. The zero-order valence-electron chi connectivity index (χ0n) is 19.7. The number of nitrogens with one attached hydrogen (secondary N) is 3. The molecule has 3 N–H and O–H groups in total. The van der Waals surface area contributed by atoms with Crippen LogP contribution in [0.5, 0.6) is 0 Å². The van der Waals surface area contributed by atoms with Gasteiger partial charge in [0.15, 0.2) is 0 Å². The van der Waals surface area contributed by atoms with Gasteiger partial charge in [-0.15, -0.1) is 0 Å². The number of carbonyl (C=O) groups is 3. The lowest BCUT2D eigenvalue weighted by atomic mass is 9.98. The average molecular weight is 498 g/mol. The molecule has 0 aromatic heterocycles. The van der Waals surface area contributed by atoms with Gasteiger partial charge >= 0.3 is 0 Å². The molecule has 35 heavy (non-hydrogen) atoms. The predicted molar refractivity (Wildman–Crippen MR) is 135 cm³/mol. The fourth-order valence-electron chi connectivity index (χ4n) is 3.92. The lowest BCUT2D eigenvalue weighted by molar-refractivity contribution is -0.119. The fraction of sp³-hybridized carbons (Fsp3) is 0.360. The molecule has 2 aliphatic heterocycles. The molecule has 10 heteroatoms. The quantitative estimate of drug-likeness (QED) is 0.587. The maximum atomic E-state index is 13.0. The van der Waals surface area contributed by atoms with Crippen LogP contribution in [0.1, 0.15) is 52.5 Å². The summed E-state index contributed by atoms with van der Waals surface area (Å²) in [7, 11) is 0. The molecule has 2 aromatic rings. The van der Waals surface area contributed by atoms with E-state index in [1.165, 1.54) is 0 Å². The molecule has 1 fully saturated rings. The standard InChI is InChI=1S/C25H28ClN5O4/c1-15(2)18-14-16(23(33)30-25-27-9-8-21(32)29-25)6-7-19(18)28-20-5-3-4-17(22(20)26)24(34)31-10-12-35-13-11-31/h3-7,14-15,28H,8-13H2,1-2H3,(H2,27,29,30,32,33). The van der Waals surface area contributed by atoms with Gasteiger partial charge in [-0.1, -0.05) is 31.5 Å². The van der Waals surface area contributed by atoms with E-state index in [1.807, 2.05) is 19.9 Å². The van der Waals surface area contributed by atoms with Crippen LogP contribution in [0.25, 0.3) is 0 Å². The highest BCUT2D eigenvalue weighted by molar-refractivity contribution is 6.36. The van der Waals surface area contributed by atoms with E-state index in [2.05, 4.69) is 20.9 Å². The summed E-state index contributed by atoms with van der Waals surface area (Å²) >= 11 is 6.65. The molecular weight excluding hydrogens is 470 g/mol. The Kier molecular flexibility index (Phi) is 7.67. The fourth-order valence-corrected chi connectivity index (χ4v) is 4.18. The summed E-state index contributed by atoms with van der Waals surface area (Å²) in [5.74, 6) is -0.419. The number of ether oxygens (including phenoxy) is 1. The van der Waals surface area contributed by atoms with Crippen molar-refractivity contribution in [1.82, 2.24) is 15.5 Å². The Hall–Kier alpha value is -3.43. The van der Waals surface area contributed by atoms with Gasteiger partial charge in [0, 0.05) is 30.8 Å². The zero-order chi connectivity index (χ0) is 24.9. The third-order valence-electron chi connectivity index (χ3n) is 5.83. The molecule has 0 radical (unpaired) electrons. The first-order chi connectivity index (χ1) is 16.8. The molecule has 0 spiro atoms. The Morgan fingerprint density at radius 2 is 1.91 bits per heavy atom. The molecule has 9 nitrogen and oxygen atoms in total. The van der Waals surface area contributed by atoms with Crippen LogP contribution in [-0.4, -0.2) is 61.4 Å². The molecule has 1 saturated heterocycles. The maximum absolute atomic E-state index is 13.0. The molecule has 2 aliphatic rings. The smallest absolute Gasteiger partial charge is 0.257 e. The molecule has 3 amide bonds. The number of rotatable bonds is 5. The number of anilines is 2. The van der Waals surface area contributed by atoms with Crippen LogP contribution in [0.15, 0.2) is 41.4 Å². The highest BCUT2D eigenvalue weighted by Crippen LogP contribution is 2.33. The van der Waals surface area contributed by atoms with Crippen molar-refractivity contribution in [2.75, 3.05) is 38.2 Å². The molecule has 0 atom stereocenters. The second-order valence-electron chi connectivity index (χ2n) is 8.64. The molecule has 0 saturated carbocycles. The Labute approximate surface area is 208 Å². The summed E-state index contributed by atoms with van der Waals surface area (Å²) in [6.07, 6.45) is 0.305. The Morgan fingerprint density at radius 3 is 2.63 bits per heavy atom. The van der Waals surface area contributed by atoms with Crippen LogP contribution in [-0.2, 0) is 9.53 Å². The molecule has 184 valence electrons. The first kappa shape index (κ1) is 24.7. The lowest BCUT2D eigenvalue weighted by Crippen LogP contribution is -2.46. The van der Waals surface area contributed by atoms with Crippen LogP contribution in [0.4, 0.5) is 11.4 Å². The van der Waals surface area contributed by atoms with E-state index in [1.54, 1.807) is 35.2 Å². The molecule has 0 bridgehead atoms. The Morgan fingerprint density at radius 1 is 1.14 bits per heavy atom. The highest BCUT2D eigenvalue weighted by atomic mass is 35.5. The summed E-state index contributed by atoms with van der Waals surface area (Å²) < 4.78 is 5.34. The number of nitrogens with zero attached hydrogens (tertiary/aromatic N) is 2. The van der Waals surface area contributed by atoms with Gasteiger partial charge in [0.2, 0.25) is 11.9 Å². The van der Waals surface area contributed by atoms with Gasteiger partial charge in [0.25, 0.3) is 11.8 Å². The molecular formula is C25H28ClN5O4. The number of hydrogen-bond donors (Lipinski definition) is 3. The highest BCUT2D eigenvalue weighted by Gasteiger charge is 2.23. The van der Waals surface area contributed by atoms with Crippen molar-refractivity contribution < 1.29 is 19.1 Å². The van der Waals surface area contributed by atoms with Crippen LogP contribution in [0.2, 0.25) is 5.02 Å². The van der Waals surface area contributed by atoms with Crippen LogP contribution in [0.3, 0.4) is 0 Å². The van der Waals surface area contributed by atoms with E-state index in [0.29, 0.717) is 61.1 Å². The summed E-state index contributed by atoms with van der Waals surface area (Å²) in [6.45, 7) is 6.47. The number of halogens is 1. The molecule has 2 aromatic carbocycles. The number of morpholine rings is 1. The van der Waals surface area contributed by atoms with Crippen LogP contribution >= 0.6 is 11.6 Å². The van der Waals surface area contributed by atoms with E-state index in [0.717, 1.165) is 11.3 Å². The van der Waals surface area contributed by atoms with Crippen molar-refractivity contribution in [1.29, 1.82) is 0 Å². The number of hydrogen-bond acceptors (Lipinski definition) is 6. The second kappa shape index (κ2) is 10.9. The van der Waals surface area contributed by atoms with Crippen molar-refractivity contribution in [3.63, 3.8) is 0 Å². The number of carbonyl (C=O) groups excluding carboxylic acids is 3. The Bertz CT molecular complexity index is 1170. The minimum atomic E-state index is -0.365. The van der Waals surface area contributed by atoms with Gasteiger partial charge in [-0.05, 0) is 41.8 Å². The van der Waals surface area contributed by atoms with Crippen molar-refractivity contribution >= 4 is 46.7 Å². The van der Waals surface area contributed by atoms with E-state index in [-0.39, 0.29) is 29.6 Å².